The first-order valence-electron chi connectivity index (χ1n) is 17.6. The maximum absolute atomic E-state index is 13.6. The summed E-state index contributed by atoms with van der Waals surface area (Å²) in [6, 6.07) is 33.8. The molecule has 280 valence electrons. The number of hydrogen-bond acceptors (Lipinski definition) is 9. The first-order valence-corrected chi connectivity index (χ1v) is 17.6. The zero-order valence-electron chi connectivity index (χ0n) is 29.4. The first kappa shape index (κ1) is 36.6. The zero-order chi connectivity index (χ0) is 38.3. The van der Waals surface area contributed by atoms with Crippen molar-refractivity contribution in [3.05, 3.63) is 154 Å². The molecule has 3 N–H and O–H groups in total. The molecular weight excluding hydrogens is 706 g/mol. The fraction of sp³-hybridized carbons (Fsp3) is 0.220. The number of carbonyl (C=O) groups is 4. The Bertz CT molecular complexity index is 2160. The summed E-state index contributed by atoms with van der Waals surface area (Å²) in [5.41, 5.74) is 4.85. The van der Waals surface area contributed by atoms with E-state index in [9.17, 15) is 29.1 Å². The molecule has 1 aromatic heterocycles. The van der Waals surface area contributed by atoms with Gasteiger partial charge in [0.1, 0.15) is 25.5 Å². The molecule has 7 rings (SSSR count). The van der Waals surface area contributed by atoms with Gasteiger partial charge in [-0.15, -0.1) is 0 Å². The van der Waals surface area contributed by atoms with Gasteiger partial charge in [0.05, 0.1) is 25.3 Å². The highest BCUT2D eigenvalue weighted by Crippen LogP contribution is 2.44. The third-order valence-corrected chi connectivity index (χ3v) is 9.56. The Kier molecular flexibility index (Phi) is 10.9. The van der Waals surface area contributed by atoms with Crippen molar-refractivity contribution >= 4 is 29.9 Å². The topological polar surface area (TPSA) is 178 Å². The van der Waals surface area contributed by atoms with Crippen molar-refractivity contribution in [2.45, 2.75) is 30.7 Å². The number of amides is 3. The van der Waals surface area contributed by atoms with Crippen LogP contribution in [0.4, 0.5) is 15.4 Å². The van der Waals surface area contributed by atoms with Gasteiger partial charge in [-0.3, -0.25) is 19.5 Å². The normalized spacial score (nSPS) is 15.8. The summed E-state index contributed by atoms with van der Waals surface area (Å²) in [6.45, 7) is -1.27. The standard InChI is InChI=1S/C41H37N5O9/c47-36(21-45-20-19-35(43-39(45)50)44-41(52)55-38(26-11-3-1-4-12-26)27-13-5-2-6-14-27)46(22-37(48)49)34-25-53-24-33(34)42-40(51)54-23-32-30-17-9-7-15-28(30)29-16-8-10-18-31(29)32/h1-20,32-34,38H,21-25H2,(H,42,51)(H,48,49)(H,43,44,50,52)/t33-,34-/m0/s1. The summed E-state index contributed by atoms with van der Waals surface area (Å²) in [7, 11) is 0. The smallest absolute Gasteiger partial charge is 0.413 e. The van der Waals surface area contributed by atoms with E-state index in [1.807, 2.05) is 109 Å². The third kappa shape index (κ3) is 8.39. The molecule has 3 amide bonds. The summed E-state index contributed by atoms with van der Waals surface area (Å²) < 4.78 is 18.0. The van der Waals surface area contributed by atoms with E-state index >= 15 is 0 Å². The minimum absolute atomic E-state index is 0.00559. The van der Waals surface area contributed by atoms with Crippen LogP contribution in [0.15, 0.2) is 126 Å². The van der Waals surface area contributed by atoms with E-state index in [2.05, 4.69) is 15.6 Å². The van der Waals surface area contributed by atoms with Gasteiger partial charge in [0.15, 0.2) is 6.10 Å². The quantitative estimate of drug-likeness (QED) is 0.161. The number of benzene rings is 4. The van der Waals surface area contributed by atoms with Crippen LogP contribution < -0.4 is 16.3 Å². The van der Waals surface area contributed by atoms with Crippen molar-refractivity contribution in [1.29, 1.82) is 0 Å². The van der Waals surface area contributed by atoms with Crippen molar-refractivity contribution in [2.24, 2.45) is 0 Å². The van der Waals surface area contributed by atoms with Crippen LogP contribution in [-0.2, 0) is 30.3 Å². The molecule has 14 heteroatoms. The van der Waals surface area contributed by atoms with Gasteiger partial charge in [-0.2, -0.15) is 4.98 Å². The predicted molar refractivity (Wildman–Crippen MR) is 199 cm³/mol. The van der Waals surface area contributed by atoms with Gasteiger partial charge < -0.3 is 29.5 Å². The Morgan fingerprint density at radius 1 is 0.818 bits per heavy atom. The minimum atomic E-state index is -1.30. The average Bonchev–Trinajstić information content (AvgIpc) is 3.78. The van der Waals surface area contributed by atoms with Gasteiger partial charge in [0.25, 0.3) is 0 Å². The molecule has 4 aromatic carbocycles. The van der Waals surface area contributed by atoms with E-state index in [4.69, 9.17) is 14.2 Å². The van der Waals surface area contributed by atoms with Gasteiger partial charge in [0.2, 0.25) is 5.91 Å². The molecular formula is C41H37N5O9. The van der Waals surface area contributed by atoms with Crippen LogP contribution >= 0.6 is 0 Å². The molecule has 1 fully saturated rings. The summed E-state index contributed by atoms with van der Waals surface area (Å²) >= 11 is 0. The highest BCUT2D eigenvalue weighted by molar-refractivity contribution is 5.84. The molecule has 0 spiro atoms. The number of hydrogen-bond donors (Lipinski definition) is 3. The van der Waals surface area contributed by atoms with Crippen molar-refractivity contribution in [3.8, 4) is 11.1 Å². The molecule has 0 bridgehead atoms. The first-order chi connectivity index (χ1) is 26.7. The van der Waals surface area contributed by atoms with Crippen LogP contribution in [0.5, 0.6) is 0 Å². The van der Waals surface area contributed by atoms with Gasteiger partial charge >= 0.3 is 23.8 Å². The van der Waals surface area contributed by atoms with Gasteiger partial charge in [-0.25, -0.2) is 14.4 Å². The van der Waals surface area contributed by atoms with Crippen molar-refractivity contribution in [1.82, 2.24) is 19.8 Å². The average molecular weight is 744 g/mol. The number of carboxylic acids is 1. The Morgan fingerprint density at radius 2 is 1.42 bits per heavy atom. The number of ether oxygens (including phenoxy) is 3. The molecule has 1 aliphatic carbocycles. The summed E-state index contributed by atoms with van der Waals surface area (Å²) in [5.74, 6) is -2.31. The predicted octanol–water partition coefficient (Wildman–Crippen LogP) is 4.80. The fourth-order valence-corrected chi connectivity index (χ4v) is 7.00. The molecule has 55 heavy (non-hydrogen) atoms. The van der Waals surface area contributed by atoms with Gasteiger partial charge in [-0.1, -0.05) is 109 Å². The Morgan fingerprint density at radius 3 is 2.02 bits per heavy atom. The lowest BCUT2D eigenvalue weighted by Gasteiger charge is -2.31. The fourth-order valence-electron chi connectivity index (χ4n) is 7.00. The molecule has 2 heterocycles. The Labute approximate surface area is 315 Å². The van der Waals surface area contributed by atoms with E-state index in [1.54, 1.807) is 0 Å². The van der Waals surface area contributed by atoms with Crippen LogP contribution in [0, 0.1) is 0 Å². The van der Waals surface area contributed by atoms with Crippen LogP contribution in [0.1, 0.15) is 34.3 Å². The largest absolute Gasteiger partial charge is 0.480 e. The molecule has 0 saturated carbocycles. The van der Waals surface area contributed by atoms with Crippen LogP contribution in [0.25, 0.3) is 11.1 Å². The number of anilines is 1. The number of alkyl carbamates (subject to hydrolysis) is 1. The number of aliphatic carboxylic acids is 1. The van der Waals surface area contributed by atoms with Crippen LogP contribution in [-0.4, -0.2) is 82.1 Å². The number of aromatic nitrogens is 2. The molecule has 2 atom stereocenters. The molecule has 5 aromatic rings. The van der Waals surface area contributed by atoms with Gasteiger partial charge in [0, 0.05) is 12.1 Å². The Balaban J connectivity index is 0.978. The third-order valence-electron chi connectivity index (χ3n) is 9.56. The molecule has 14 nitrogen and oxygen atoms in total. The number of nitrogens with one attached hydrogen (secondary N) is 2. The lowest BCUT2D eigenvalue weighted by atomic mass is 9.98. The summed E-state index contributed by atoms with van der Waals surface area (Å²) in [5, 5.41) is 14.9. The van der Waals surface area contributed by atoms with Gasteiger partial charge in [-0.05, 0) is 39.4 Å². The maximum Gasteiger partial charge on any atom is 0.413 e. The van der Waals surface area contributed by atoms with E-state index < -0.39 is 61.0 Å². The highest BCUT2D eigenvalue weighted by atomic mass is 16.6. The molecule has 0 radical (unpaired) electrons. The van der Waals surface area contributed by atoms with Crippen molar-refractivity contribution in [2.75, 3.05) is 31.7 Å². The number of carboxylic acid groups (broad SMARTS) is 1. The number of rotatable bonds is 12. The van der Waals surface area contributed by atoms with E-state index in [0.29, 0.717) is 0 Å². The lowest BCUT2D eigenvalue weighted by Crippen LogP contribution is -2.55. The summed E-state index contributed by atoms with van der Waals surface area (Å²) in [4.78, 5) is 69.5. The van der Waals surface area contributed by atoms with Crippen LogP contribution in [0.3, 0.4) is 0 Å². The second-order valence-corrected chi connectivity index (χ2v) is 13.1. The molecule has 1 aliphatic heterocycles. The highest BCUT2D eigenvalue weighted by Gasteiger charge is 2.38. The van der Waals surface area contributed by atoms with E-state index in [0.717, 1.165) is 42.8 Å². The van der Waals surface area contributed by atoms with Crippen molar-refractivity contribution in [3.63, 3.8) is 0 Å². The van der Waals surface area contributed by atoms with E-state index in [-0.39, 0.29) is 31.6 Å². The minimum Gasteiger partial charge on any atom is -0.480 e. The second kappa shape index (κ2) is 16.5. The number of carbonyl (C=O) groups excluding carboxylic acids is 3. The molecule has 2 aliphatic rings. The Hall–Kier alpha value is -6.80. The monoisotopic (exact) mass is 743 g/mol. The van der Waals surface area contributed by atoms with E-state index in [1.165, 1.54) is 12.3 Å². The molecule has 1 saturated heterocycles. The number of nitrogens with zero attached hydrogens (tertiary/aromatic N) is 3. The zero-order valence-corrected chi connectivity index (χ0v) is 29.4. The number of fused-ring (bicyclic) bond motifs is 3. The van der Waals surface area contributed by atoms with Crippen molar-refractivity contribution < 1.29 is 38.5 Å². The summed E-state index contributed by atoms with van der Waals surface area (Å²) in [6.07, 6.45) is -1.08. The lowest BCUT2D eigenvalue weighted by molar-refractivity contribution is -0.146. The SMILES string of the molecule is O=C(O)CN(C(=O)Cn1ccc(NC(=O)OC(c2ccccc2)c2ccccc2)nc1=O)[C@H]1COC[C@@H]1NC(=O)OCC1c2ccccc2-c2ccccc21. The second-order valence-electron chi connectivity index (χ2n) is 13.1. The maximum atomic E-state index is 13.6. The molecule has 0 unspecified atom stereocenters. The van der Waals surface area contributed by atoms with Crippen LogP contribution in [0.2, 0.25) is 0 Å².